The van der Waals surface area contributed by atoms with Gasteiger partial charge in [-0.2, -0.15) is 0 Å². The van der Waals surface area contributed by atoms with Gasteiger partial charge in [-0.3, -0.25) is 19.2 Å². The fraction of sp³-hybridized carbons (Fsp3) is 0.857. The molecular weight excluding hydrogens is 464 g/mol. The molecule has 1 fully saturated rings. The van der Waals surface area contributed by atoms with Gasteiger partial charge in [-0.05, 0) is 53.4 Å². The highest BCUT2D eigenvalue weighted by Gasteiger charge is 2.21. The largest absolute Gasteiger partial charge is 0.459 e. The first-order valence-electron chi connectivity index (χ1n) is 14.0. The molecule has 1 aliphatic rings. The van der Waals surface area contributed by atoms with Gasteiger partial charge < -0.3 is 18.9 Å². The average molecular weight is 513 g/mol. The minimum atomic E-state index is -0.481. The third-order valence-electron chi connectivity index (χ3n) is 6.62. The summed E-state index contributed by atoms with van der Waals surface area (Å²) in [4.78, 5) is 48.4. The van der Waals surface area contributed by atoms with Crippen molar-refractivity contribution in [2.45, 2.75) is 155 Å². The molecule has 4 unspecified atom stereocenters. The van der Waals surface area contributed by atoms with Gasteiger partial charge in [0.2, 0.25) is 0 Å². The first-order chi connectivity index (χ1) is 17.2. The molecule has 0 aromatic rings. The number of hydrogen-bond donors (Lipinski definition) is 0. The number of ether oxygens (including phenoxy) is 4. The fourth-order valence-electron chi connectivity index (χ4n) is 3.94. The molecule has 0 radical (unpaired) electrons. The molecule has 0 aromatic carbocycles. The third-order valence-corrected chi connectivity index (χ3v) is 6.62. The van der Waals surface area contributed by atoms with Crippen LogP contribution in [0.15, 0.2) is 0 Å². The first-order valence-corrected chi connectivity index (χ1v) is 14.0. The maximum Gasteiger partial charge on any atom is 0.306 e. The number of carbonyl (C=O) groups is 4. The summed E-state index contributed by atoms with van der Waals surface area (Å²) < 4.78 is 21.7. The Labute approximate surface area is 217 Å². The second kappa shape index (κ2) is 19.1. The second-order valence-electron chi connectivity index (χ2n) is 10.0. The van der Waals surface area contributed by atoms with E-state index in [4.69, 9.17) is 18.9 Å². The maximum absolute atomic E-state index is 12.1. The Kier molecular flexibility index (Phi) is 16.9. The highest BCUT2D eigenvalue weighted by molar-refractivity contribution is 5.71. The van der Waals surface area contributed by atoms with Crippen LogP contribution in [0, 0.1) is 0 Å². The van der Waals surface area contributed by atoms with Crippen molar-refractivity contribution in [2.75, 3.05) is 0 Å². The Hall–Kier alpha value is -2.12. The summed E-state index contributed by atoms with van der Waals surface area (Å²) in [5.74, 6) is -1.07. The van der Waals surface area contributed by atoms with Gasteiger partial charge in [0.25, 0.3) is 0 Å². The summed E-state index contributed by atoms with van der Waals surface area (Å²) in [6.45, 7) is 6.99. The van der Waals surface area contributed by atoms with Crippen molar-refractivity contribution in [2.24, 2.45) is 0 Å². The van der Waals surface area contributed by atoms with Crippen molar-refractivity contribution in [3.63, 3.8) is 0 Å². The molecule has 0 spiro atoms. The van der Waals surface area contributed by atoms with E-state index >= 15 is 0 Å². The molecule has 8 heteroatoms. The quantitative estimate of drug-likeness (QED) is 0.289. The Balaban J connectivity index is 2.49. The van der Waals surface area contributed by atoms with Crippen molar-refractivity contribution in [3.8, 4) is 0 Å². The van der Waals surface area contributed by atoms with Gasteiger partial charge in [0.15, 0.2) is 0 Å². The minimum absolute atomic E-state index is 0.268. The van der Waals surface area contributed by atoms with Crippen LogP contribution in [0.5, 0.6) is 0 Å². The molecule has 0 aromatic heterocycles. The summed E-state index contributed by atoms with van der Waals surface area (Å²) >= 11 is 0. The maximum atomic E-state index is 12.1. The standard InChI is InChI=1S/C28H48O8/c1-21-22(2)34-26(30)18-14-10-7-8-12-16-20-28(32)36-24(4)23(3)35-27(31)19-15-11-6-5-9-13-17-25(29)33-21/h21-24H,5-20H2,1-4H3. The van der Waals surface area contributed by atoms with Crippen molar-refractivity contribution < 1.29 is 38.1 Å². The third kappa shape index (κ3) is 15.8. The molecule has 1 saturated heterocycles. The predicted molar refractivity (Wildman–Crippen MR) is 136 cm³/mol. The average Bonchev–Trinajstić information content (AvgIpc) is 2.81. The van der Waals surface area contributed by atoms with E-state index in [1.54, 1.807) is 27.7 Å². The summed E-state index contributed by atoms with van der Waals surface area (Å²) in [5.41, 5.74) is 0. The Bertz CT molecular complexity index is 550. The second-order valence-corrected chi connectivity index (χ2v) is 10.0. The van der Waals surface area contributed by atoms with Crippen LogP contribution in [0.3, 0.4) is 0 Å². The molecule has 8 nitrogen and oxygen atoms in total. The molecular formula is C28H48O8. The Morgan fingerprint density at radius 3 is 0.722 bits per heavy atom. The molecule has 0 bridgehead atoms. The molecule has 0 aliphatic carbocycles. The summed E-state index contributed by atoms with van der Waals surface area (Å²) in [5, 5.41) is 0. The zero-order valence-corrected chi connectivity index (χ0v) is 22.9. The molecule has 36 heavy (non-hydrogen) atoms. The normalized spacial score (nSPS) is 29.0. The lowest BCUT2D eigenvalue weighted by molar-refractivity contribution is -0.165. The van der Waals surface area contributed by atoms with Gasteiger partial charge in [0.1, 0.15) is 24.4 Å². The van der Waals surface area contributed by atoms with Crippen LogP contribution in [0.2, 0.25) is 0 Å². The van der Waals surface area contributed by atoms with Crippen molar-refractivity contribution in [1.29, 1.82) is 0 Å². The molecule has 208 valence electrons. The first kappa shape index (κ1) is 31.9. The number of cyclic esters (lactones) is 4. The van der Waals surface area contributed by atoms with Gasteiger partial charge in [-0.15, -0.1) is 0 Å². The SMILES string of the molecule is CC1OC(=O)CCCCCCCCC(=O)OC(C)C(C)OC(=O)CCCCCCCCC(=O)OC1C. The highest BCUT2D eigenvalue weighted by Crippen LogP contribution is 2.15. The summed E-state index contributed by atoms with van der Waals surface area (Å²) in [7, 11) is 0. The van der Waals surface area contributed by atoms with Crippen LogP contribution in [-0.4, -0.2) is 48.3 Å². The minimum Gasteiger partial charge on any atom is -0.459 e. The summed E-state index contributed by atoms with van der Waals surface area (Å²) in [6.07, 6.45) is 10.0. The van der Waals surface area contributed by atoms with Crippen LogP contribution >= 0.6 is 0 Å². The van der Waals surface area contributed by atoms with E-state index in [0.29, 0.717) is 25.7 Å². The zero-order valence-electron chi connectivity index (χ0n) is 22.9. The van der Waals surface area contributed by atoms with Crippen LogP contribution in [0.1, 0.15) is 130 Å². The van der Waals surface area contributed by atoms with Gasteiger partial charge in [-0.1, -0.05) is 51.4 Å². The van der Waals surface area contributed by atoms with Gasteiger partial charge in [0, 0.05) is 25.7 Å². The summed E-state index contributed by atoms with van der Waals surface area (Å²) in [6, 6.07) is 0. The highest BCUT2D eigenvalue weighted by atomic mass is 16.6. The van der Waals surface area contributed by atoms with Gasteiger partial charge in [0.05, 0.1) is 0 Å². The van der Waals surface area contributed by atoms with Crippen molar-refractivity contribution in [3.05, 3.63) is 0 Å². The molecule has 0 saturated carbocycles. The molecule has 0 N–H and O–H groups in total. The van der Waals surface area contributed by atoms with Gasteiger partial charge in [-0.25, -0.2) is 0 Å². The molecule has 0 amide bonds. The molecule has 1 rings (SSSR count). The number of esters is 4. The number of carbonyl (C=O) groups excluding carboxylic acids is 4. The molecule has 4 atom stereocenters. The number of rotatable bonds is 0. The van der Waals surface area contributed by atoms with E-state index < -0.39 is 24.4 Å². The monoisotopic (exact) mass is 512 g/mol. The van der Waals surface area contributed by atoms with E-state index in [9.17, 15) is 19.2 Å². The lowest BCUT2D eigenvalue weighted by Crippen LogP contribution is -2.30. The Morgan fingerprint density at radius 1 is 0.361 bits per heavy atom. The Morgan fingerprint density at radius 2 is 0.528 bits per heavy atom. The van der Waals surface area contributed by atoms with Crippen LogP contribution in [0.25, 0.3) is 0 Å². The van der Waals surface area contributed by atoms with Gasteiger partial charge >= 0.3 is 23.9 Å². The van der Waals surface area contributed by atoms with Crippen LogP contribution in [0.4, 0.5) is 0 Å². The molecule has 1 aliphatic heterocycles. The molecule has 1 heterocycles. The van der Waals surface area contributed by atoms with E-state index in [0.717, 1.165) is 77.0 Å². The number of hydrogen-bond acceptors (Lipinski definition) is 8. The van der Waals surface area contributed by atoms with E-state index in [1.807, 2.05) is 0 Å². The van der Waals surface area contributed by atoms with Crippen LogP contribution < -0.4 is 0 Å². The van der Waals surface area contributed by atoms with E-state index in [2.05, 4.69) is 0 Å². The lowest BCUT2D eigenvalue weighted by Gasteiger charge is -2.21. The lowest BCUT2D eigenvalue weighted by atomic mass is 10.1. The van der Waals surface area contributed by atoms with Crippen LogP contribution in [-0.2, 0) is 38.1 Å². The van der Waals surface area contributed by atoms with E-state index in [-0.39, 0.29) is 23.9 Å². The fourth-order valence-corrected chi connectivity index (χ4v) is 3.94. The topological polar surface area (TPSA) is 105 Å². The predicted octanol–water partition coefficient (Wildman–Crippen LogP) is 5.97. The van der Waals surface area contributed by atoms with Crippen molar-refractivity contribution in [1.82, 2.24) is 0 Å². The smallest absolute Gasteiger partial charge is 0.306 e. The van der Waals surface area contributed by atoms with E-state index in [1.165, 1.54) is 0 Å². The zero-order chi connectivity index (χ0) is 26.8. The van der Waals surface area contributed by atoms with Crippen molar-refractivity contribution >= 4 is 23.9 Å².